The molecule has 0 amide bonds. The SMILES string of the molecule is COCCCCCC1C[C@H]2C[C@@H](O)[C@H](/C=C/c3ccc(C)cc3)[C@H]2C1. The Labute approximate surface area is 153 Å². The maximum absolute atomic E-state index is 10.5. The zero-order chi connectivity index (χ0) is 17.6. The van der Waals surface area contributed by atoms with Gasteiger partial charge in [-0.15, -0.1) is 0 Å². The molecular formula is C23H34O2. The summed E-state index contributed by atoms with van der Waals surface area (Å²) in [5.74, 6) is 2.66. The summed E-state index contributed by atoms with van der Waals surface area (Å²) in [5.41, 5.74) is 2.54. The first-order chi connectivity index (χ1) is 12.2. The van der Waals surface area contributed by atoms with Crippen LogP contribution in [0.2, 0.25) is 0 Å². The first-order valence-electron chi connectivity index (χ1n) is 10.1. The van der Waals surface area contributed by atoms with Crippen molar-refractivity contribution in [3.8, 4) is 0 Å². The van der Waals surface area contributed by atoms with E-state index in [9.17, 15) is 5.11 Å². The van der Waals surface area contributed by atoms with Crippen LogP contribution in [-0.2, 0) is 4.74 Å². The Balaban J connectivity index is 1.51. The predicted octanol–water partition coefficient (Wildman–Crippen LogP) is 5.24. The average Bonchev–Trinajstić information content (AvgIpc) is 3.11. The van der Waals surface area contributed by atoms with Crippen LogP contribution in [0.25, 0.3) is 6.08 Å². The van der Waals surface area contributed by atoms with Crippen molar-refractivity contribution in [2.24, 2.45) is 23.7 Å². The normalized spacial score (nSPS) is 31.7. The van der Waals surface area contributed by atoms with Gasteiger partial charge in [0.15, 0.2) is 0 Å². The van der Waals surface area contributed by atoms with Crippen molar-refractivity contribution in [2.45, 2.75) is 58.0 Å². The largest absolute Gasteiger partial charge is 0.392 e. The molecule has 0 heterocycles. The van der Waals surface area contributed by atoms with Crippen LogP contribution in [0, 0.1) is 30.6 Å². The molecule has 2 aliphatic rings. The minimum Gasteiger partial charge on any atom is -0.392 e. The summed E-state index contributed by atoms with van der Waals surface area (Å²) in [6.45, 7) is 3.01. The number of benzene rings is 1. The first kappa shape index (κ1) is 18.7. The second-order valence-corrected chi connectivity index (χ2v) is 8.25. The fourth-order valence-corrected chi connectivity index (χ4v) is 5.03. The lowest BCUT2D eigenvalue weighted by Gasteiger charge is -2.19. The molecule has 2 saturated carbocycles. The molecule has 1 aromatic carbocycles. The van der Waals surface area contributed by atoms with E-state index in [2.05, 4.69) is 43.3 Å². The third-order valence-electron chi connectivity index (χ3n) is 6.38. The van der Waals surface area contributed by atoms with Crippen LogP contribution in [0.4, 0.5) is 0 Å². The third kappa shape index (κ3) is 4.95. The first-order valence-corrected chi connectivity index (χ1v) is 10.1. The molecule has 3 rings (SSSR count). The van der Waals surface area contributed by atoms with Gasteiger partial charge in [0, 0.05) is 19.6 Å². The fraction of sp³-hybridized carbons (Fsp3) is 0.652. The predicted molar refractivity (Wildman–Crippen MR) is 104 cm³/mol. The van der Waals surface area contributed by atoms with Crippen LogP contribution in [-0.4, -0.2) is 24.9 Å². The maximum atomic E-state index is 10.5. The van der Waals surface area contributed by atoms with Gasteiger partial charge in [0.05, 0.1) is 6.10 Å². The lowest BCUT2D eigenvalue weighted by molar-refractivity contribution is 0.135. The van der Waals surface area contributed by atoms with E-state index in [4.69, 9.17) is 4.74 Å². The van der Waals surface area contributed by atoms with Gasteiger partial charge in [0.1, 0.15) is 0 Å². The van der Waals surface area contributed by atoms with Gasteiger partial charge < -0.3 is 9.84 Å². The molecule has 2 heteroatoms. The number of hydrogen-bond donors (Lipinski definition) is 1. The molecule has 2 fully saturated rings. The summed E-state index contributed by atoms with van der Waals surface area (Å²) < 4.78 is 5.13. The molecule has 1 unspecified atom stereocenters. The summed E-state index contributed by atoms with van der Waals surface area (Å²) in [6, 6.07) is 8.65. The van der Waals surface area contributed by atoms with Crippen LogP contribution in [0.1, 0.15) is 56.1 Å². The van der Waals surface area contributed by atoms with E-state index in [0.717, 1.165) is 24.9 Å². The van der Waals surface area contributed by atoms with E-state index in [1.54, 1.807) is 7.11 Å². The summed E-state index contributed by atoms with van der Waals surface area (Å²) >= 11 is 0. The van der Waals surface area contributed by atoms with Crippen molar-refractivity contribution in [1.29, 1.82) is 0 Å². The molecule has 1 N–H and O–H groups in total. The number of ether oxygens (including phenoxy) is 1. The van der Waals surface area contributed by atoms with Gasteiger partial charge in [0.25, 0.3) is 0 Å². The van der Waals surface area contributed by atoms with Crippen LogP contribution in [0.5, 0.6) is 0 Å². The molecule has 0 aliphatic heterocycles. The molecular weight excluding hydrogens is 308 g/mol. The smallest absolute Gasteiger partial charge is 0.0608 e. The van der Waals surface area contributed by atoms with Crippen molar-refractivity contribution < 1.29 is 9.84 Å². The molecule has 0 aromatic heterocycles. The lowest BCUT2D eigenvalue weighted by atomic mass is 9.89. The zero-order valence-corrected chi connectivity index (χ0v) is 15.9. The Kier molecular flexibility index (Phi) is 6.72. The van der Waals surface area contributed by atoms with E-state index in [0.29, 0.717) is 11.8 Å². The minimum atomic E-state index is -0.139. The average molecular weight is 343 g/mol. The molecule has 5 atom stereocenters. The second kappa shape index (κ2) is 9.00. The number of rotatable bonds is 8. The summed E-state index contributed by atoms with van der Waals surface area (Å²) in [5, 5.41) is 10.5. The van der Waals surface area contributed by atoms with Gasteiger partial charge in [-0.25, -0.2) is 0 Å². The van der Waals surface area contributed by atoms with Gasteiger partial charge in [-0.2, -0.15) is 0 Å². The molecule has 2 aliphatic carbocycles. The number of aliphatic hydroxyl groups is 1. The maximum Gasteiger partial charge on any atom is 0.0608 e. The van der Waals surface area contributed by atoms with Crippen molar-refractivity contribution in [2.75, 3.05) is 13.7 Å². The molecule has 25 heavy (non-hydrogen) atoms. The van der Waals surface area contributed by atoms with Gasteiger partial charge in [0.2, 0.25) is 0 Å². The molecule has 0 spiro atoms. The van der Waals surface area contributed by atoms with Crippen molar-refractivity contribution in [3.05, 3.63) is 41.5 Å². The summed E-state index contributed by atoms with van der Waals surface area (Å²) in [7, 11) is 1.79. The minimum absolute atomic E-state index is 0.139. The number of methoxy groups -OCH3 is 1. The topological polar surface area (TPSA) is 29.5 Å². The van der Waals surface area contributed by atoms with Crippen molar-refractivity contribution in [3.63, 3.8) is 0 Å². The van der Waals surface area contributed by atoms with Gasteiger partial charge in [-0.05, 0) is 55.9 Å². The highest BCUT2D eigenvalue weighted by Crippen LogP contribution is 2.51. The van der Waals surface area contributed by atoms with Gasteiger partial charge in [-0.3, -0.25) is 0 Å². The standard InChI is InChI=1S/C23H34O2/c1-17-7-9-18(10-8-17)11-12-21-22-15-19(6-4-3-5-13-25-2)14-20(22)16-23(21)24/h7-12,19-24H,3-6,13-16H2,1-2H3/b12-11+/t19?,20-,21+,22-,23+/m0/s1. The Morgan fingerprint density at radius 1 is 1.08 bits per heavy atom. The number of fused-ring (bicyclic) bond motifs is 1. The van der Waals surface area contributed by atoms with Crippen LogP contribution >= 0.6 is 0 Å². The Bertz CT molecular complexity index is 548. The number of aryl methyl sites for hydroxylation is 1. The van der Waals surface area contributed by atoms with Crippen LogP contribution < -0.4 is 0 Å². The van der Waals surface area contributed by atoms with E-state index >= 15 is 0 Å². The highest BCUT2D eigenvalue weighted by Gasteiger charge is 2.46. The molecule has 1 aromatic rings. The van der Waals surface area contributed by atoms with E-state index < -0.39 is 0 Å². The van der Waals surface area contributed by atoms with E-state index in [1.165, 1.54) is 49.7 Å². The van der Waals surface area contributed by atoms with Crippen LogP contribution in [0.3, 0.4) is 0 Å². The highest BCUT2D eigenvalue weighted by atomic mass is 16.5. The second-order valence-electron chi connectivity index (χ2n) is 8.25. The quantitative estimate of drug-likeness (QED) is 0.655. The van der Waals surface area contributed by atoms with Crippen LogP contribution in [0.15, 0.2) is 30.3 Å². The number of aliphatic hydroxyl groups excluding tert-OH is 1. The molecule has 2 nitrogen and oxygen atoms in total. The summed E-state index contributed by atoms with van der Waals surface area (Å²) in [4.78, 5) is 0. The van der Waals surface area contributed by atoms with Gasteiger partial charge in [-0.1, -0.05) is 61.2 Å². The lowest BCUT2D eigenvalue weighted by Crippen LogP contribution is -2.17. The fourth-order valence-electron chi connectivity index (χ4n) is 5.03. The molecule has 138 valence electrons. The zero-order valence-electron chi connectivity index (χ0n) is 15.9. The Hall–Kier alpha value is -1.12. The Morgan fingerprint density at radius 2 is 1.88 bits per heavy atom. The monoisotopic (exact) mass is 342 g/mol. The van der Waals surface area contributed by atoms with E-state index in [1.807, 2.05) is 0 Å². The highest BCUT2D eigenvalue weighted by molar-refractivity contribution is 5.50. The van der Waals surface area contributed by atoms with Crippen molar-refractivity contribution >= 4 is 6.08 Å². The number of unbranched alkanes of at least 4 members (excludes halogenated alkanes) is 2. The molecule has 0 radical (unpaired) electrons. The Morgan fingerprint density at radius 3 is 2.64 bits per heavy atom. The summed E-state index contributed by atoms with van der Waals surface area (Å²) in [6.07, 6.45) is 13.2. The number of hydrogen-bond acceptors (Lipinski definition) is 2. The van der Waals surface area contributed by atoms with E-state index in [-0.39, 0.29) is 6.10 Å². The molecule has 0 saturated heterocycles. The third-order valence-corrected chi connectivity index (χ3v) is 6.38. The van der Waals surface area contributed by atoms with Crippen molar-refractivity contribution in [1.82, 2.24) is 0 Å². The van der Waals surface area contributed by atoms with Gasteiger partial charge >= 0.3 is 0 Å². The molecule has 0 bridgehead atoms.